The van der Waals surface area contributed by atoms with Gasteiger partial charge in [-0.05, 0) is 19.3 Å². The highest BCUT2D eigenvalue weighted by molar-refractivity contribution is 5.72. The maximum absolute atomic E-state index is 6.06. The number of fused-ring (bicyclic) bond motifs is 1. The van der Waals surface area contributed by atoms with Crippen molar-refractivity contribution in [3.05, 3.63) is 12.1 Å². The van der Waals surface area contributed by atoms with Gasteiger partial charge >= 0.3 is 0 Å². The van der Waals surface area contributed by atoms with Crippen LogP contribution in [0.25, 0.3) is 0 Å². The van der Waals surface area contributed by atoms with Crippen LogP contribution in [0.3, 0.4) is 0 Å². The van der Waals surface area contributed by atoms with Gasteiger partial charge in [0.05, 0.1) is 17.5 Å². The Labute approximate surface area is 113 Å². The van der Waals surface area contributed by atoms with Gasteiger partial charge in [0.1, 0.15) is 13.2 Å². The van der Waals surface area contributed by atoms with Gasteiger partial charge < -0.3 is 25.3 Å². The van der Waals surface area contributed by atoms with Crippen LogP contribution in [0.2, 0.25) is 0 Å². The zero-order valence-corrected chi connectivity index (χ0v) is 11.1. The summed E-state index contributed by atoms with van der Waals surface area (Å²) >= 11 is 0. The first-order valence-electron chi connectivity index (χ1n) is 6.74. The third-order valence-corrected chi connectivity index (χ3v) is 3.79. The first-order valence-corrected chi connectivity index (χ1v) is 6.74. The molecule has 0 radical (unpaired) electrons. The van der Waals surface area contributed by atoms with Gasteiger partial charge in [-0.2, -0.15) is 0 Å². The highest BCUT2D eigenvalue weighted by Crippen LogP contribution is 2.38. The Balaban J connectivity index is 1.74. The quantitative estimate of drug-likeness (QED) is 0.818. The van der Waals surface area contributed by atoms with Gasteiger partial charge in [0.25, 0.3) is 0 Å². The van der Waals surface area contributed by atoms with Crippen molar-refractivity contribution in [3.8, 4) is 11.5 Å². The monoisotopic (exact) mass is 264 g/mol. The van der Waals surface area contributed by atoms with Gasteiger partial charge in [0.2, 0.25) is 0 Å². The Morgan fingerprint density at radius 2 is 1.95 bits per heavy atom. The Kier molecular flexibility index (Phi) is 3.38. The molecule has 3 rings (SSSR count). The second-order valence-corrected chi connectivity index (χ2v) is 5.10. The summed E-state index contributed by atoms with van der Waals surface area (Å²) in [7, 11) is 1.77. The van der Waals surface area contributed by atoms with Crippen molar-refractivity contribution in [3.63, 3.8) is 0 Å². The molecule has 1 fully saturated rings. The topological polar surface area (TPSA) is 65.7 Å². The minimum Gasteiger partial charge on any atom is -0.486 e. The zero-order chi connectivity index (χ0) is 13.2. The molecule has 1 aliphatic carbocycles. The predicted octanol–water partition coefficient (Wildman–Crippen LogP) is 2.02. The van der Waals surface area contributed by atoms with Crippen LogP contribution < -0.4 is 20.5 Å². The molecule has 0 amide bonds. The number of hydrogen-bond acceptors (Lipinski definition) is 5. The molecule has 3 N–H and O–H groups in total. The van der Waals surface area contributed by atoms with Crippen LogP contribution >= 0.6 is 0 Å². The average molecular weight is 264 g/mol. The second kappa shape index (κ2) is 5.17. The van der Waals surface area contributed by atoms with Crippen LogP contribution in [0.15, 0.2) is 12.1 Å². The van der Waals surface area contributed by atoms with Crippen molar-refractivity contribution >= 4 is 11.4 Å². The Bertz CT molecular complexity index is 464. The van der Waals surface area contributed by atoms with Crippen LogP contribution in [-0.2, 0) is 4.74 Å². The Morgan fingerprint density at radius 1 is 1.21 bits per heavy atom. The zero-order valence-electron chi connectivity index (χ0n) is 11.1. The number of hydrogen-bond donors (Lipinski definition) is 2. The first kappa shape index (κ1) is 12.4. The fourth-order valence-electron chi connectivity index (χ4n) is 2.73. The van der Waals surface area contributed by atoms with E-state index >= 15 is 0 Å². The summed E-state index contributed by atoms with van der Waals surface area (Å²) in [5.74, 6) is 1.50. The maximum atomic E-state index is 6.06. The highest BCUT2D eigenvalue weighted by atomic mass is 16.6. The molecule has 1 aliphatic heterocycles. The number of nitrogens with one attached hydrogen (secondary N) is 1. The number of methoxy groups -OCH3 is 1. The molecule has 1 aromatic rings. The Morgan fingerprint density at radius 3 is 2.63 bits per heavy atom. The molecule has 2 aliphatic rings. The standard InChI is InChI=1S/C14H20N2O3/c1-17-10-3-2-9(6-10)16-12-8-14-13(7-11(12)15)18-4-5-19-14/h7-10,16H,2-6,15H2,1H3. The third kappa shape index (κ3) is 2.56. The van der Waals surface area contributed by atoms with Crippen molar-refractivity contribution in [1.82, 2.24) is 0 Å². The van der Waals surface area contributed by atoms with E-state index in [2.05, 4.69) is 5.32 Å². The molecule has 0 aromatic heterocycles. The summed E-state index contributed by atoms with van der Waals surface area (Å²) in [6.07, 6.45) is 3.57. The van der Waals surface area contributed by atoms with Crippen LogP contribution in [0.4, 0.5) is 11.4 Å². The number of rotatable bonds is 3. The number of anilines is 2. The number of nitrogens with two attached hydrogens (primary N) is 1. The van der Waals surface area contributed by atoms with E-state index in [0.29, 0.717) is 31.0 Å². The Hall–Kier alpha value is -1.62. The molecule has 0 spiro atoms. The van der Waals surface area contributed by atoms with Gasteiger partial charge in [0, 0.05) is 25.3 Å². The van der Waals surface area contributed by atoms with E-state index in [1.54, 1.807) is 7.11 Å². The summed E-state index contributed by atoms with van der Waals surface area (Å²) in [6.45, 7) is 1.17. The van der Waals surface area contributed by atoms with Gasteiger partial charge in [0.15, 0.2) is 11.5 Å². The molecule has 5 heteroatoms. The smallest absolute Gasteiger partial charge is 0.163 e. The van der Waals surface area contributed by atoms with Crippen molar-refractivity contribution in [2.24, 2.45) is 0 Å². The van der Waals surface area contributed by atoms with E-state index < -0.39 is 0 Å². The largest absolute Gasteiger partial charge is 0.486 e. The number of ether oxygens (including phenoxy) is 3. The normalized spacial score (nSPS) is 25.3. The van der Waals surface area contributed by atoms with E-state index in [0.717, 1.165) is 36.4 Å². The molecule has 0 bridgehead atoms. The van der Waals surface area contributed by atoms with Crippen LogP contribution in [0, 0.1) is 0 Å². The first-order chi connectivity index (χ1) is 9.26. The van der Waals surface area contributed by atoms with Crippen molar-refractivity contribution < 1.29 is 14.2 Å². The molecule has 1 aromatic carbocycles. The molecule has 1 saturated carbocycles. The van der Waals surface area contributed by atoms with Gasteiger partial charge in [-0.3, -0.25) is 0 Å². The molecule has 104 valence electrons. The molecular weight excluding hydrogens is 244 g/mol. The highest BCUT2D eigenvalue weighted by Gasteiger charge is 2.25. The fourth-order valence-corrected chi connectivity index (χ4v) is 2.73. The van der Waals surface area contributed by atoms with Gasteiger partial charge in [-0.1, -0.05) is 0 Å². The lowest BCUT2D eigenvalue weighted by atomic mass is 10.2. The van der Waals surface area contributed by atoms with Crippen molar-refractivity contribution in [2.45, 2.75) is 31.4 Å². The summed E-state index contributed by atoms with van der Waals surface area (Å²) in [5.41, 5.74) is 7.68. The second-order valence-electron chi connectivity index (χ2n) is 5.10. The molecule has 2 unspecified atom stereocenters. The SMILES string of the molecule is COC1CCC(Nc2cc3c(cc2N)OCCO3)C1. The van der Waals surface area contributed by atoms with Crippen LogP contribution in [0.1, 0.15) is 19.3 Å². The lowest BCUT2D eigenvalue weighted by Crippen LogP contribution is -2.19. The number of benzene rings is 1. The third-order valence-electron chi connectivity index (χ3n) is 3.79. The lowest BCUT2D eigenvalue weighted by molar-refractivity contribution is 0.108. The van der Waals surface area contributed by atoms with Crippen LogP contribution in [-0.4, -0.2) is 32.5 Å². The fraction of sp³-hybridized carbons (Fsp3) is 0.571. The van der Waals surface area contributed by atoms with E-state index in [4.69, 9.17) is 19.9 Å². The number of nitrogen functional groups attached to an aromatic ring is 1. The summed E-state index contributed by atoms with van der Waals surface area (Å²) in [6, 6.07) is 4.18. The van der Waals surface area contributed by atoms with E-state index in [-0.39, 0.29) is 0 Å². The summed E-state index contributed by atoms with van der Waals surface area (Å²) in [4.78, 5) is 0. The minimum atomic E-state index is 0.357. The van der Waals surface area contributed by atoms with E-state index in [1.807, 2.05) is 12.1 Å². The molecular formula is C14H20N2O3. The van der Waals surface area contributed by atoms with E-state index in [1.165, 1.54) is 0 Å². The lowest BCUT2D eigenvalue weighted by Gasteiger charge is -2.22. The summed E-state index contributed by atoms with van der Waals surface area (Å²) < 4.78 is 16.5. The molecule has 2 atom stereocenters. The summed E-state index contributed by atoms with van der Waals surface area (Å²) in [5, 5.41) is 3.48. The van der Waals surface area contributed by atoms with E-state index in [9.17, 15) is 0 Å². The van der Waals surface area contributed by atoms with Crippen molar-refractivity contribution in [2.75, 3.05) is 31.4 Å². The molecule has 19 heavy (non-hydrogen) atoms. The molecule has 1 heterocycles. The van der Waals surface area contributed by atoms with Crippen LogP contribution in [0.5, 0.6) is 11.5 Å². The average Bonchev–Trinajstić information content (AvgIpc) is 2.87. The maximum Gasteiger partial charge on any atom is 0.163 e. The predicted molar refractivity (Wildman–Crippen MR) is 73.9 cm³/mol. The van der Waals surface area contributed by atoms with Gasteiger partial charge in [-0.25, -0.2) is 0 Å². The minimum absolute atomic E-state index is 0.357. The molecule has 5 nitrogen and oxygen atoms in total. The van der Waals surface area contributed by atoms with Gasteiger partial charge in [-0.15, -0.1) is 0 Å². The van der Waals surface area contributed by atoms with Crippen molar-refractivity contribution in [1.29, 1.82) is 0 Å². The molecule has 0 saturated heterocycles.